The summed E-state index contributed by atoms with van der Waals surface area (Å²) in [6.45, 7) is 2.67. The third kappa shape index (κ3) is 3.41. The van der Waals surface area contributed by atoms with Crippen molar-refractivity contribution < 1.29 is 4.79 Å². The summed E-state index contributed by atoms with van der Waals surface area (Å²) in [6.07, 6.45) is 8.75. The zero-order chi connectivity index (χ0) is 17.2. The molecule has 0 aliphatic carbocycles. The normalized spacial score (nSPS) is 20.1. The van der Waals surface area contributed by atoms with Gasteiger partial charge in [0.15, 0.2) is 0 Å². The van der Waals surface area contributed by atoms with Crippen LogP contribution in [0.1, 0.15) is 31.5 Å². The second kappa shape index (κ2) is 7.14. The summed E-state index contributed by atoms with van der Waals surface area (Å²) in [5, 5.41) is 6.78. The smallest absolute Gasteiger partial charge is 0.229 e. The molecule has 1 unspecified atom stereocenters. The molecule has 6 nitrogen and oxygen atoms in total. The molecule has 2 aliphatic heterocycles. The average Bonchev–Trinajstić information content (AvgIpc) is 3.08. The summed E-state index contributed by atoms with van der Waals surface area (Å²) in [5.74, 6) is 1.66. The largest absolute Gasteiger partial charge is 0.328 e. The number of amides is 1. The van der Waals surface area contributed by atoms with E-state index in [4.69, 9.17) is 11.6 Å². The zero-order valence-electron chi connectivity index (χ0n) is 14.1. The highest BCUT2D eigenvalue weighted by molar-refractivity contribution is 6.33. The number of anilines is 1. The Morgan fingerprint density at radius 2 is 2.20 bits per heavy atom. The molecular weight excluding hydrogens is 338 g/mol. The minimum Gasteiger partial charge on any atom is -0.328 e. The first-order valence-electron chi connectivity index (χ1n) is 8.94. The minimum atomic E-state index is -0.00240. The van der Waals surface area contributed by atoms with E-state index in [0.717, 1.165) is 62.4 Å². The Kier molecular flexibility index (Phi) is 4.72. The van der Waals surface area contributed by atoms with Gasteiger partial charge in [-0.25, -0.2) is 9.97 Å². The number of nitrogens with zero attached hydrogens (tertiary/aromatic N) is 3. The molecule has 0 radical (unpaired) electrons. The number of rotatable bonds is 3. The molecule has 2 aromatic heterocycles. The van der Waals surface area contributed by atoms with Crippen LogP contribution in [-0.4, -0.2) is 33.5 Å². The molecule has 4 rings (SSSR count). The van der Waals surface area contributed by atoms with Gasteiger partial charge < -0.3 is 15.2 Å². The van der Waals surface area contributed by atoms with Crippen molar-refractivity contribution in [3.05, 3.63) is 29.3 Å². The first-order valence-corrected chi connectivity index (χ1v) is 9.32. The molecule has 25 heavy (non-hydrogen) atoms. The maximum Gasteiger partial charge on any atom is 0.229 e. The van der Waals surface area contributed by atoms with E-state index in [2.05, 4.69) is 25.2 Å². The Morgan fingerprint density at radius 3 is 3.04 bits per heavy atom. The maximum absolute atomic E-state index is 12.4. The summed E-state index contributed by atoms with van der Waals surface area (Å²) in [7, 11) is 0. The summed E-state index contributed by atoms with van der Waals surface area (Å²) >= 11 is 6.39. The molecule has 1 amide bonds. The van der Waals surface area contributed by atoms with Crippen molar-refractivity contribution in [3.8, 4) is 11.3 Å². The van der Waals surface area contributed by atoms with Crippen molar-refractivity contribution in [2.75, 3.05) is 18.4 Å². The SMILES string of the molecule is O=C(Nc1cc(-c2cnc3n2CCCC3)c(Cl)cn1)C1CCCNC1. The van der Waals surface area contributed by atoms with Crippen LogP contribution < -0.4 is 10.6 Å². The monoisotopic (exact) mass is 359 g/mol. The molecule has 0 spiro atoms. The van der Waals surface area contributed by atoms with Gasteiger partial charge in [-0.05, 0) is 38.3 Å². The number of aromatic nitrogens is 3. The molecule has 7 heteroatoms. The third-order valence-corrected chi connectivity index (χ3v) is 5.32. The van der Waals surface area contributed by atoms with Crippen LogP contribution in [0.25, 0.3) is 11.3 Å². The molecule has 1 saturated heterocycles. The van der Waals surface area contributed by atoms with Gasteiger partial charge in [-0.3, -0.25) is 4.79 Å². The van der Waals surface area contributed by atoms with Gasteiger partial charge in [-0.15, -0.1) is 0 Å². The molecule has 1 atom stereocenters. The number of piperidine rings is 1. The Bertz CT molecular complexity index is 782. The number of fused-ring (bicyclic) bond motifs is 1. The standard InChI is InChI=1S/C18H22ClN5O/c19-14-10-21-16(23-18(25)12-4-3-6-20-9-12)8-13(14)15-11-22-17-5-1-2-7-24(15)17/h8,10-12,20H,1-7,9H2,(H,21,23,25). The number of aryl methyl sites for hydroxylation is 1. The van der Waals surface area contributed by atoms with Crippen LogP contribution in [0, 0.1) is 5.92 Å². The topological polar surface area (TPSA) is 71.8 Å². The molecular formula is C18H22ClN5O. The molecule has 1 fully saturated rings. The summed E-state index contributed by atoms with van der Waals surface area (Å²) in [4.78, 5) is 21.2. The van der Waals surface area contributed by atoms with E-state index in [9.17, 15) is 4.79 Å². The average molecular weight is 360 g/mol. The van der Waals surface area contributed by atoms with Crippen LogP contribution in [0.4, 0.5) is 5.82 Å². The molecule has 4 heterocycles. The zero-order valence-corrected chi connectivity index (χ0v) is 14.9. The number of carbonyl (C=O) groups excluding carboxylic acids is 1. The lowest BCUT2D eigenvalue weighted by Gasteiger charge is -2.22. The fourth-order valence-corrected chi connectivity index (χ4v) is 3.84. The van der Waals surface area contributed by atoms with E-state index in [1.807, 2.05) is 12.3 Å². The summed E-state index contributed by atoms with van der Waals surface area (Å²) in [6, 6.07) is 1.86. The van der Waals surface area contributed by atoms with Crippen LogP contribution in [0.15, 0.2) is 18.5 Å². The first kappa shape index (κ1) is 16.5. The number of nitrogens with one attached hydrogen (secondary N) is 2. The van der Waals surface area contributed by atoms with Gasteiger partial charge in [0, 0.05) is 31.3 Å². The van der Waals surface area contributed by atoms with Crippen molar-refractivity contribution in [2.45, 2.75) is 38.6 Å². The Labute approximate surface area is 152 Å². The second-order valence-electron chi connectivity index (χ2n) is 6.75. The second-order valence-corrected chi connectivity index (χ2v) is 7.16. The van der Waals surface area contributed by atoms with Gasteiger partial charge in [0.05, 0.1) is 22.8 Å². The van der Waals surface area contributed by atoms with E-state index in [1.54, 1.807) is 6.20 Å². The van der Waals surface area contributed by atoms with Gasteiger partial charge in [0.25, 0.3) is 0 Å². The number of carbonyl (C=O) groups is 1. The van der Waals surface area contributed by atoms with Gasteiger partial charge in [0.2, 0.25) is 5.91 Å². The van der Waals surface area contributed by atoms with Crippen LogP contribution in [-0.2, 0) is 17.8 Å². The van der Waals surface area contributed by atoms with Gasteiger partial charge >= 0.3 is 0 Å². The number of hydrogen-bond donors (Lipinski definition) is 2. The van der Waals surface area contributed by atoms with Crippen LogP contribution in [0.3, 0.4) is 0 Å². The van der Waals surface area contributed by atoms with Crippen molar-refractivity contribution >= 4 is 23.3 Å². The summed E-state index contributed by atoms with van der Waals surface area (Å²) in [5.41, 5.74) is 1.87. The fourth-order valence-electron chi connectivity index (χ4n) is 3.64. The van der Waals surface area contributed by atoms with Crippen LogP contribution >= 0.6 is 11.6 Å². The van der Waals surface area contributed by atoms with Crippen molar-refractivity contribution in [1.82, 2.24) is 19.9 Å². The lowest BCUT2D eigenvalue weighted by Crippen LogP contribution is -2.37. The predicted molar refractivity (Wildman–Crippen MR) is 97.6 cm³/mol. The van der Waals surface area contributed by atoms with E-state index < -0.39 is 0 Å². The predicted octanol–water partition coefficient (Wildman–Crippen LogP) is 2.87. The molecule has 132 valence electrons. The van der Waals surface area contributed by atoms with E-state index in [1.165, 1.54) is 6.42 Å². The van der Waals surface area contributed by atoms with Crippen LogP contribution in [0.5, 0.6) is 0 Å². The molecule has 2 aliphatic rings. The number of imidazole rings is 1. The Morgan fingerprint density at radius 1 is 1.28 bits per heavy atom. The molecule has 0 aromatic carbocycles. The summed E-state index contributed by atoms with van der Waals surface area (Å²) < 4.78 is 2.22. The van der Waals surface area contributed by atoms with Gasteiger partial charge in [-0.1, -0.05) is 11.6 Å². The minimum absolute atomic E-state index is 0.00240. The van der Waals surface area contributed by atoms with E-state index >= 15 is 0 Å². The van der Waals surface area contributed by atoms with Crippen molar-refractivity contribution in [3.63, 3.8) is 0 Å². The van der Waals surface area contributed by atoms with E-state index in [0.29, 0.717) is 10.8 Å². The highest BCUT2D eigenvalue weighted by atomic mass is 35.5. The number of pyridine rings is 1. The molecule has 0 bridgehead atoms. The molecule has 2 N–H and O–H groups in total. The van der Waals surface area contributed by atoms with Crippen molar-refractivity contribution in [2.24, 2.45) is 5.92 Å². The number of halogens is 1. The quantitative estimate of drug-likeness (QED) is 0.883. The van der Waals surface area contributed by atoms with Crippen LogP contribution in [0.2, 0.25) is 5.02 Å². The third-order valence-electron chi connectivity index (χ3n) is 5.02. The fraction of sp³-hybridized carbons (Fsp3) is 0.500. The first-order chi connectivity index (χ1) is 12.2. The lowest BCUT2D eigenvalue weighted by atomic mass is 9.99. The maximum atomic E-state index is 12.4. The Hall–Kier alpha value is -1.92. The molecule has 2 aromatic rings. The van der Waals surface area contributed by atoms with E-state index in [-0.39, 0.29) is 11.8 Å². The highest BCUT2D eigenvalue weighted by Crippen LogP contribution is 2.32. The van der Waals surface area contributed by atoms with Gasteiger partial charge in [-0.2, -0.15) is 0 Å². The van der Waals surface area contributed by atoms with Crippen molar-refractivity contribution in [1.29, 1.82) is 0 Å². The highest BCUT2D eigenvalue weighted by Gasteiger charge is 2.22. The molecule has 0 saturated carbocycles. The Balaban J connectivity index is 1.58. The number of hydrogen-bond acceptors (Lipinski definition) is 4. The lowest BCUT2D eigenvalue weighted by molar-refractivity contribution is -0.120. The van der Waals surface area contributed by atoms with Gasteiger partial charge in [0.1, 0.15) is 11.6 Å².